The van der Waals surface area contributed by atoms with Crippen molar-refractivity contribution in [3.8, 4) is 0 Å². The maximum absolute atomic E-state index is 12.9. The molecular formula is C19H22Cl2N2O4S. The molecule has 1 aliphatic heterocycles. The summed E-state index contributed by atoms with van der Waals surface area (Å²) < 4.78 is 32.4. The molecule has 1 saturated heterocycles. The summed E-state index contributed by atoms with van der Waals surface area (Å²) in [4.78, 5) is 12.5. The van der Waals surface area contributed by atoms with Crippen LogP contribution in [0.5, 0.6) is 0 Å². The lowest BCUT2D eigenvalue weighted by Gasteiger charge is -2.31. The maximum Gasteiger partial charge on any atom is 0.244 e. The number of rotatable bonds is 6. The van der Waals surface area contributed by atoms with Crippen molar-refractivity contribution in [3.63, 3.8) is 0 Å². The molecule has 0 aliphatic carbocycles. The van der Waals surface area contributed by atoms with Gasteiger partial charge in [-0.3, -0.25) is 4.79 Å². The van der Waals surface area contributed by atoms with Crippen LogP contribution in [-0.2, 0) is 21.2 Å². The second-order valence-corrected chi connectivity index (χ2v) is 9.70. The zero-order valence-electron chi connectivity index (χ0n) is 15.4. The first-order valence-electron chi connectivity index (χ1n) is 9.05. The molecule has 1 unspecified atom stereocenters. The van der Waals surface area contributed by atoms with E-state index in [2.05, 4.69) is 5.32 Å². The number of carbonyl (C=O) groups excluding carboxylic acids is 1. The number of sulfonamides is 1. The van der Waals surface area contributed by atoms with Crippen LogP contribution in [-0.4, -0.2) is 37.8 Å². The Bertz CT molecular complexity index is 923. The Morgan fingerprint density at radius 3 is 2.64 bits per heavy atom. The molecule has 1 fully saturated rings. The van der Waals surface area contributed by atoms with Crippen molar-refractivity contribution in [2.24, 2.45) is 5.92 Å². The SMILES string of the molecule is CC(Cc1ccco1)NC(=O)C1CCN(S(=O)(=O)c2cc(Cl)ccc2Cl)CC1. The first-order chi connectivity index (χ1) is 13.3. The summed E-state index contributed by atoms with van der Waals surface area (Å²) in [5.41, 5.74) is 0. The van der Waals surface area contributed by atoms with Gasteiger partial charge in [0, 0.05) is 36.5 Å². The molecular weight excluding hydrogens is 423 g/mol. The molecule has 1 aromatic carbocycles. The monoisotopic (exact) mass is 444 g/mol. The highest BCUT2D eigenvalue weighted by molar-refractivity contribution is 7.89. The molecule has 1 N–H and O–H groups in total. The highest BCUT2D eigenvalue weighted by atomic mass is 35.5. The molecule has 2 aromatic rings. The minimum absolute atomic E-state index is 0.00311. The van der Waals surface area contributed by atoms with Gasteiger partial charge in [-0.15, -0.1) is 0 Å². The molecule has 1 aliphatic rings. The zero-order chi connectivity index (χ0) is 20.3. The number of furan rings is 1. The third kappa shape index (κ3) is 4.89. The van der Waals surface area contributed by atoms with Crippen LogP contribution >= 0.6 is 23.2 Å². The lowest BCUT2D eigenvalue weighted by molar-refractivity contribution is -0.126. The second-order valence-electron chi connectivity index (χ2n) is 6.95. The fourth-order valence-corrected chi connectivity index (χ4v) is 5.52. The molecule has 2 heterocycles. The van der Waals surface area contributed by atoms with Crippen molar-refractivity contribution in [2.75, 3.05) is 13.1 Å². The van der Waals surface area contributed by atoms with E-state index in [1.165, 1.54) is 16.4 Å². The van der Waals surface area contributed by atoms with Crippen LogP contribution in [0.2, 0.25) is 10.0 Å². The quantitative estimate of drug-likeness (QED) is 0.735. The molecule has 3 rings (SSSR count). The molecule has 0 spiro atoms. The van der Waals surface area contributed by atoms with E-state index >= 15 is 0 Å². The van der Waals surface area contributed by atoms with E-state index in [0.29, 0.717) is 24.3 Å². The van der Waals surface area contributed by atoms with Crippen LogP contribution in [0.25, 0.3) is 0 Å². The highest BCUT2D eigenvalue weighted by Gasteiger charge is 2.33. The number of amides is 1. The average molecular weight is 445 g/mol. The second kappa shape index (κ2) is 8.86. The number of halogens is 2. The largest absolute Gasteiger partial charge is 0.469 e. The van der Waals surface area contributed by atoms with E-state index in [-0.39, 0.29) is 40.9 Å². The van der Waals surface area contributed by atoms with E-state index in [4.69, 9.17) is 27.6 Å². The molecule has 0 radical (unpaired) electrons. The zero-order valence-corrected chi connectivity index (χ0v) is 17.7. The topological polar surface area (TPSA) is 79.6 Å². The van der Waals surface area contributed by atoms with Crippen LogP contribution in [0.1, 0.15) is 25.5 Å². The van der Waals surface area contributed by atoms with Gasteiger partial charge in [-0.2, -0.15) is 4.31 Å². The molecule has 152 valence electrons. The lowest BCUT2D eigenvalue weighted by atomic mass is 9.96. The van der Waals surface area contributed by atoms with E-state index in [1.54, 1.807) is 12.3 Å². The fraction of sp³-hybridized carbons (Fsp3) is 0.421. The summed E-state index contributed by atoms with van der Waals surface area (Å²) in [5, 5.41) is 3.43. The van der Waals surface area contributed by atoms with Gasteiger partial charge in [-0.1, -0.05) is 23.2 Å². The molecule has 1 atom stereocenters. The molecule has 0 saturated carbocycles. The van der Waals surface area contributed by atoms with Gasteiger partial charge < -0.3 is 9.73 Å². The van der Waals surface area contributed by atoms with Crippen molar-refractivity contribution >= 4 is 39.1 Å². The maximum atomic E-state index is 12.9. The van der Waals surface area contributed by atoms with Gasteiger partial charge in [0.05, 0.1) is 11.3 Å². The predicted octanol–water partition coefficient (Wildman–Crippen LogP) is 3.73. The van der Waals surface area contributed by atoms with Crippen molar-refractivity contribution in [1.82, 2.24) is 9.62 Å². The van der Waals surface area contributed by atoms with E-state index in [1.807, 2.05) is 19.1 Å². The van der Waals surface area contributed by atoms with Crippen molar-refractivity contribution < 1.29 is 17.6 Å². The summed E-state index contributed by atoms with van der Waals surface area (Å²) in [6.07, 6.45) is 3.12. The van der Waals surface area contributed by atoms with Gasteiger partial charge in [-0.25, -0.2) is 8.42 Å². The van der Waals surface area contributed by atoms with E-state index in [0.717, 1.165) is 5.76 Å². The van der Waals surface area contributed by atoms with Gasteiger partial charge in [0.15, 0.2) is 0 Å². The molecule has 1 amide bonds. The molecule has 9 heteroatoms. The Balaban J connectivity index is 1.57. The van der Waals surface area contributed by atoms with Crippen molar-refractivity contribution in [3.05, 3.63) is 52.4 Å². The standard InChI is InChI=1S/C19H22Cl2N2O4S/c1-13(11-16-3-2-10-27-16)22-19(24)14-6-8-23(9-7-14)28(25,26)18-12-15(20)4-5-17(18)21/h2-5,10,12-14H,6-9,11H2,1H3,(H,22,24). The number of nitrogens with one attached hydrogen (secondary N) is 1. The van der Waals surface area contributed by atoms with Crippen LogP contribution in [0.4, 0.5) is 0 Å². The summed E-state index contributed by atoms with van der Waals surface area (Å²) in [6.45, 7) is 2.44. The Kier molecular flexibility index (Phi) is 6.70. The number of piperidine rings is 1. The average Bonchev–Trinajstić information content (AvgIpc) is 3.16. The third-order valence-electron chi connectivity index (χ3n) is 4.81. The summed E-state index contributed by atoms with van der Waals surface area (Å²) in [6, 6.07) is 7.99. The number of benzene rings is 1. The normalized spacial score (nSPS) is 17.4. The molecule has 28 heavy (non-hydrogen) atoms. The highest BCUT2D eigenvalue weighted by Crippen LogP contribution is 2.30. The summed E-state index contributed by atoms with van der Waals surface area (Å²) >= 11 is 12.0. The third-order valence-corrected chi connectivity index (χ3v) is 7.43. The minimum Gasteiger partial charge on any atom is -0.469 e. The number of carbonyl (C=O) groups is 1. The van der Waals surface area contributed by atoms with Gasteiger partial charge in [0.2, 0.25) is 15.9 Å². The first kappa shape index (κ1) is 21.2. The number of nitrogens with zero attached hydrogens (tertiary/aromatic N) is 1. The van der Waals surface area contributed by atoms with Crippen LogP contribution in [0.15, 0.2) is 45.9 Å². The minimum atomic E-state index is -3.75. The van der Waals surface area contributed by atoms with Gasteiger partial charge in [-0.05, 0) is 50.1 Å². The predicted molar refractivity (Wildman–Crippen MR) is 108 cm³/mol. The Morgan fingerprint density at radius 2 is 2.00 bits per heavy atom. The van der Waals surface area contributed by atoms with Gasteiger partial charge in [0.25, 0.3) is 0 Å². The summed E-state index contributed by atoms with van der Waals surface area (Å²) in [5.74, 6) is 0.532. The number of hydrogen-bond donors (Lipinski definition) is 1. The van der Waals surface area contributed by atoms with E-state index < -0.39 is 10.0 Å². The van der Waals surface area contributed by atoms with Crippen molar-refractivity contribution in [2.45, 2.75) is 37.1 Å². The smallest absolute Gasteiger partial charge is 0.244 e. The van der Waals surface area contributed by atoms with Crippen LogP contribution < -0.4 is 5.32 Å². The number of hydrogen-bond acceptors (Lipinski definition) is 4. The molecule has 6 nitrogen and oxygen atoms in total. The molecule has 1 aromatic heterocycles. The molecule has 0 bridgehead atoms. The Hall–Kier alpha value is -1.54. The van der Waals surface area contributed by atoms with Gasteiger partial charge >= 0.3 is 0 Å². The first-order valence-corrected chi connectivity index (χ1v) is 11.2. The van der Waals surface area contributed by atoms with Crippen LogP contribution in [0.3, 0.4) is 0 Å². The lowest BCUT2D eigenvalue weighted by Crippen LogP contribution is -2.45. The Labute approximate surface area is 174 Å². The van der Waals surface area contributed by atoms with E-state index in [9.17, 15) is 13.2 Å². The fourth-order valence-electron chi connectivity index (χ4n) is 3.31. The van der Waals surface area contributed by atoms with Crippen molar-refractivity contribution in [1.29, 1.82) is 0 Å². The van der Waals surface area contributed by atoms with Crippen LogP contribution in [0, 0.1) is 5.92 Å². The summed E-state index contributed by atoms with van der Waals surface area (Å²) in [7, 11) is -3.75. The Morgan fingerprint density at radius 1 is 1.29 bits per heavy atom. The van der Waals surface area contributed by atoms with Gasteiger partial charge in [0.1, 0.15) is 10.7 Å².